The lowest BCUT2D eigenvalue weighted by Crippen LogP contribution is -2.34. The maximum absolute atomic E-state index is 11.9. The van der Waals surface area contributed by atoms with Gasteiger partial charge in [-0.1, -0.05) is 0 Å². The number of amides is 1. The summed E-state index contributed by atoms with van der Waals surface area (Å²) in [6, 6.07) is 0. The molecule has 1 aliphatic rings. The number of carbonyl (C=O) groups excluding carboxylic acids is 1. The molecule has 0 saturated carbocycles. The van der Waals surface area contributed by atoms with Crippen LogP contribution in [0.2, 0.25) is 0 Å². The molecule has 0 aromatic rings. The van der Waals surface area contributed by atoms with Gasteiger partial charge in [0.2, 0.25) is 5.91 Å². The van der Waals surface area contributed by atoms with E-state index in [0.29, 0.717) is 19.6 Å². The van der Waals surface area contributed by atoms with Gasteiger partial charge in [0.15, 0.2) is 0 Å². The molecule has 1 N–H and O–H groups in total. The Hall–Kier alpha value is -0.490. The highest BCUT2D eigenvalue weighted by Crippen LogP contribution is 2.21. The third kappa shape index (κ3) is 6.17. The Kier molecular flexibility index (Phi) is 6.74. The lowest BCUT2D eigenvalue weighted by atomic mass is 10.2. The summed E-state index contributed by atoms with van der Waals surface area (Å²) < 4.78 is 35.6. The van der Waals surface area contributed by atoms with Crippen LogP contribution in [0.15, 0.2) is 0 Å². The van der Waals surface area contributed by atoms with E-state index in [9.17, 15) is 18.0 Å². The van der Waals surface area contributed by atoms with Gasteiger partial charge >= 0.3 is 6.18 Å². The molecule has 7 heteroatoms. The molecular formula is C9H16ClF3N2O. The van der Waals surface area contributed by atoms with E-state index in [-0.39, 0.29) is 12.4 Å². The Morgan fingerprint density at radius 2 is 1.94 bits per heavy atom. The van der Waals surface area contributed by atoms with E-state index in [4.69, 9.17) is 0 Å². The van der Waals surface area contributed by atoms with E-state index < -0.39 is 24.9 Å². The van der Waals surface area contributed by atoms with Crippen LogP contribution in [0.3, 0.4) is 0 Å². The summed E-state index contributed by atoms with van der Waals surface area (Å²) in [6.07, 6.45) is -4.88. The zero-order valence-electron chi connectivity index (χ0n) is 8.85. The van der Waals surface area contributed by atoms with Gasteiger partial charge in [0, 0.05) is 26.1 Å². The molecule has 0 bridgehead atoms. The van der Waals surface area contributed by atoms with Crippen molar-refractivity contribution in [3.63, 3.8) is 0 Å². The molecule has 0 unspecified atom stereocenters. The van der Waals surface area contributed by atoms with Crippen molar-refractivity contribution in [3.05, 3.63) is 0 Å². The smallest absolute Gasteiger partial charge is 0.341 e. The number of nitrogens with zero attached hydrogens (tertiary/aromatic N) is 1. The van der Waals surface area contributed by atoms with Crippen LogP contribution in [0, 0.1) is 0 Å². The number of hydrogen-bond acceptors (Lipinski definition) is 2. The van der Waals surface area contributed by atoms with Gasteiger partial charge in [-0.05, 0) is 13.0 Å². The molecule has 0 aliphatic carbocycles. The van der Waals surface area contributed by atoms with E-state index in [1.165, 1.54) is 4.90 Å². The Morgan fingerprint density at radius 3 is 2.56 bits per heavy atom. The van der Waals surface area contributed by atoms with Crippen LogP contribution in [0.1, 0.15) is 19.3 Å². The van der Waals surface area contributed by atoms with E-state index in [1.54, 1.807) is 0 Å². The molecule has 96 valence electrons. The maximum Gasteiger partial charge on any atom is 0.389 e. The van der Waals surface area contributed by atoms with Crippen LogP contribution in [0.25, 0.3) is 0 Å². The Morgan fingerprint density at radius 1 is 1.25 bits per heavy atom. The molecule has 0 spiro atoms. The van der Waals surface area contributed by atoms with Crippen molar-refractivity contribution >= 4 is 18.3 Å². The van der Waals surface area contributed by atoms with Crippen LogP contribution >= 0.6 is 12.4 Å². The molecule has 0 aromatic heterocycles. The molecule has 0 radical (unpaired) electrons. The normalized spacial score (nSPS) is 17.6. The summed E-state index contributed by atoms with van der Waals surface area (Å²) in [5.41, 5.74) is 0. The molecule has 0 atom stereocenters. The second-order valence-electron chi connectivity index (χ2n) is 3.60. The fourth-order valence-electron chi connectivity index (χ4n) is 1.50. The van der Waals surface area contributed by atoms with Crippen molar-refractivity contribution in [3.8, 4) is 0 Å². The number of nitrogens with one attached hydrogen (secondary N) is 1. The molecule has 1 heterocycles. The topological polar surface area (TPSA) is 32.3 Å². The summed E-state index contributed by atoms with van der Waals surface area (Å²) in [5.74, 6) is -0.393. The third-order valence-corrected chi connectivity index (χ3v) is 2.32. The van der Waals surface area contributed by atoms with Crippen molar-refractivity contribution in [2.75, 3.05) is 26.2 Å². The summed E-state index contributed by atoms with van der Waals surface area (Å²) in [4.78, 5) is 12.9. The largest absolute Gasteiger partial charge is 0.389 e. The summed E-state index contributed by atoms with van der Waals surface area (Å²) in [6.45, 7) is 2.56. The first-order chi connectivity index (χ1) is 6.99. The Labute approximate surface area is 98.8 Å². The molecule has 16 heavy (non-hydrogen) atoms. The molecule has 1 aliphatic heterocycles. The summed E-state index contributed by atoms with van der Waals surface area (Å²) in [5, 5.41) is 3.09. The predicted molar refractivity (Wildman–Crippen MR) is 56.6 cm³/mol. The molecule has 1 fully saturated rings. The number of hydrogen-bond donors (Lipinski definition) is 1. The minimum absolute atomic E-state index is 0. The van der Waals surface area contributed by atoms with Crippen molar-refractivity contribution in [2.24, 2.45) is 0 Å². The van der Waals surface area contributed by atoms with Crippen LogP contribution in [0.5, 0.6) is 0 Å². The average molecular weight is 261 g/mol. The SMILES string of the molecule is Cl.O=C(CCC(F)(F)F)N1CCCNCC1. The minimum Gasteiger partial charge on any atom is -0.341 e. The van der Waals surface area contributed by atoms with Gasteiger partial charge in [0.05, 0.1) is 6.42 Å². The molecular weight excluding hydrogens is 245 g/mol. The Balaban J connectivity index is 0.00000225. The molecule has 1 saturated heterocycles. The summed E-state index contributed by atoms with van der Waals surface area (Å²) in [7, 11) is 0. The minimum atomic E-state index is -4.24. The standard InChI is InChI=1S/C9H15F3N2O.ClH/c10-9(11,12)3-2-8(15)14-6-1-4-13-5-7-14;/h13H,1-7H2;1H. The van der Waals surface area contributed by atoms with Crippen molar-refractivity contribution < 1.29 is 18.0 Å². The van der Waals surface area contributed by atoms with Crippen LogP contribution in [0.4, 0.5) is 13.2 Å². The summed E-state index contributed by atoms with van der Waals surface area (Å²) >= 11 is 0. The fourth-order valence-corrected chi connectivity index (χ4v) is 1.50. The van der Waals surface area contributed by atoms with Gasteiger partial charge in [0.25, 0.3) is 0 Å². The Bertz CT molecular complexity index is 215. The first-order valence-corrected chi connectivity index (χ1v) is 5.04. The number of alkyl halides is 3. The second kappa shape index (κ2) is 6.96. The lowest BCUT2D eigenvalue weighted by molar-refractivity contribution is -0.149. The number of halogens is 4. The number of rotatable bonds is 2. The second-order valence-corrected chi connectivity index (χ2v) is 3.60. The van der Waals surface area contributed by atoms with Crippen molar-refractivity contribution in [1.29, 1.82) is 0 Å². The van der Waals surface area contributed by atoms with Crippen molar-refractivity contribution in [2.45, 2.75) is 25.4 Å². The zero-order valence-corrected chi connectivity index (χ0v) is 9.66. The highest BCUT2D eigenvalue weighted by atomic mass is 35.5. The van der Waals surface area contributed by atoms with Crippen molar-refractivity contribution in [1.82, 2.24) is 10.2 Å². The monoisotopic (exact) mass is 260 g/mol. The molecule has 1 amide bonds. The molecule has 1 rings (SSSR count). The quantitative estimate of drug-likeness (QED) is 0.818. The molecule has 3 nitrogen and oxygen atoms in total. The molecule has 0 aromatic carbocycles. The van der Waals surface area contributed by atoms with E-state index >= 15 is 0 Å². The van der Waals surface area contributed by atoms with Gasteiger partial charge in [0.1, 0.15) is 0 Å². The highest BCUT2D eigenvalue weighted by molar-refractivity contribution is 5.85. The van der Waals surface area contributed by atoms with Crippen LogP contribution in [-0.2, 0) is 4.79 Å². The fraction of sp³-hybridized carbons (Fsp3) is 0.889. The van der Waals surface area contributed by atoms with Gasteiger partial charge < -0.3 is 10.2 Å². The van der Waals surface area contributed by atoms with Gasteiger partial charge in [-0.15, -0.1) is 12.4 Å². The van der Waals surface area contributed by atoms with Crippen LogP contribution < -0.4 is 5.32 Å². The first kappa shape index (κ1) is 15.5. The van der Waals surface area contributed by atoms with E-state index in [1.807, 2.05) is 0 Å². The highest BCUT2D eigenvalue weighted by Gasteiger charge is 2.29. The lowest BCUT2D eigenvalue weighted by Gasteiger charge is -2.20. The van der Waals surface area contributed by atoms with Gasteiger partial charge in [-0.2, -0.15) is 13.2 Å². The van der Waals surface area contributed by atoms with Gasteiger partial charge in [-0.25, -0.2) is 0 Å². The maximum atomic E-state index is 11.9. The first-order valence-electron chi connectivity index (χ1n) is 5.04. The van der Waals surface area contributed by atoms with Gasteiger partial charge in [-0.3, -0.25) is 4.79 Å². The van der Waals surface area contributed by atoms with Crippen LogP contribution in [-0.4, -0.2) is 43.2 Å². The van der Waals surface area contributed by atoms with E-state index in [0.717, 1.165) is 13.0 Å². The van der Waals surface area contributed by atoms with E-state index in [2.05, 4.69) is 5.32 Å². The number of carbonyl (C=O) groups is 1. The zero-order chi connectivity index (χ0) is 11.3. The predicted octanol–water partition coefficient (Wildman–Crippen LogP) is 1.57. The third-order valence-electron chi connectivity index (χ3n) is 2.32. The average Bonchev–Trinajstić information content (AvgIpc) is 2.41.